The average molecular weight is 367 g/mol. The first-order valence-corrected chi connectivity index (χ1v) is 9.20. The molecule has 0 bridgehead atoms. The largest absolute Gasteiger partial charge is 0.476 e. The van der Waals surface area contributed by atoms with Crippen LogP contribution in [0.15, 0.2) is 42.6 Å². The maximum atomic E-state index is 12.4. The Bertz CT molecular complexity index is 892. The molecule has 142 valence electrons. The minimum Gasteiger partial charge on any atom is -0.476 e. The Morgan fingerprint density at radius 2 is 2.04 bits per heavy atom. The first-order chi connectivity index (χ1) is 13.1. The number of benzene rings is 1. The molecule has 0 amide bonds. The molecule has 2 N–H and O–H groups in total. The van der Waals surface area contributed by atoms with Gasteiger partial charge in [0.05, 0.1) is 17.5 Å². The molecule has 0 fully saturated rings. The summed E-state index contributed by atoms with van der Waals surface area (Å²) in [6.45, 7) is 4.41. The second kappa shape index (κ2) is 8.77. The van der Waals surface area contributed by atoms with Gasteiger partial charge in [-0.1, -0.05) is 44.2 Å². The van der Waals surface area contributed by atoms with E-state index in [2.05, 4.69) is 22.1 Å². The number of H-pyrrole nitrogens is 1. The smallest absolute Gasteiger partial charge is 0.242 e. The van der Waals surface area contributed by atoms with Crippen molar-refractivity contribution in [2.75, 3.05) is 13.2 Å². The quantitative estimate of drug-likeness (QED) is 0.606. The lowest BCUT2D eigenvalue weighted by atomic mass is 9.94. The van der Waals surface area contributed by atoms with E-state index >= 15 is 0 Å². The third-order valence-electron chi connectivity index (χ3n) is 4.57. The Labute approximate surface area is 158 Å². The van der Waals surface area contributed by atoms with Crippen LogP contribution in [0.2, 0.25) is 0 Å². The van der Waals surface area contributed by atoms with Gasteiger partial charge in [0.1, 0.15) is 5.78 Å². The van der Waals surface area contributed by atoms with Gasteiger partial charge >= 0.3 is 0 Å². The van der Waals surface area contributed by atoms with Gasteiger partial charge in [0, 0.05) is 37.3 Å². The summed E-state index contributed by atoms with van der Waals surface area (Å²) in [5.41, 5.74) is 2.67. The van der Waals surface area contributed by atoms with Crippen LogP contribution in [0.4, 0.5) is 0 Å². The number of nitrogens with zero attached hydrogens (tertiary/aromatic N) is 2. The summed E-state index contributed by atoms with van der Waals surface area (Å²) >= 11 is 0. The van der Waals surface area contributed by atoms with Crippen molar-refractivity contribution in [3.05, 3.63) is 53.9 Å². The lowest BCUT2D eigenvalue weighted by Gasteiger charge is -2.10. The molecule has 0 aliphatic heterocycles. The molecule has 6 heteroatoms. The number of ketones is 1. The van der Waals surface area contributed by atoms with Crippen LogP contribution in [-0.2, 0) is 11.2 Å². The first kappa shape index (κ1) is 19.0. The second-order valence-corrected chi connectivity index (χ2v) is 7.08. The SMILES string of the molecule is C[C@@H](CO)COc1n[nH]c2cc(CC(=O)C[C@H](C)c3ccccc3)ncc12. The summed E-state index contributed by atoms with van der Waals surface area (Å²) in [7, 11) is 0. The van der Waals surface area contributed by atoms with Gasteiger partial charge in [-0.2, -0.15) is 0 Å². The molecule has 0 saturated heterocycles. The highest BCUT2D eigenvalue weighted by molar-refractivity contribution is 5.85. The Hall–Kier alpha value is -2.73. The molecule has 2 atom stereocenters. The number of fused-ring (bicyclic) bond motifs is 1. The standard InChI is InChI=1S/C21H25N3O3/c1-14(12-25)13-27-21-19-11-22-17(10-20(19)23-24-21)9-18(26)8-15(2)16-6-4-3-5-7-16/h3-7,10-11,14-15,25H,8-9,12-13H2,1-2H3,(H,23,24)/t14-,15-/m0/s1. The maximum Gasteiger partial charge on any atom is 0.242 e. The molecule has 0 unspecified atom stereocenters. The first-order valence-electron chi connectivity index (χ1n) is 9.20. The van der Waals surface area contributed by atoms with E-state index in [0.717, 1.165) is 10.9 Å². The highest BCUT2D eigenvalue weighted by Gasteiger charge is 2.14. The molecule has 3 aromatic rings. The van der Waals surface area contributed by atoms with Crippen molar-refractivity contribution in [2.24, 2.45) is 5.92 Å². The van der Waals surface area contributed by atoms with E-state index in [4.69, 9.17) is 9.84 Å². The fourth-order valence-corrected chi connectivity index (χ4v) is 2.93. The minimum absolute atomic E-state index is 0.0354. The van der Waals surface area contributed by atoms with Crippen molar-refractivity contribution in [2.45, 2.75) is 32.6 Å². The summed E-state index contributed by atoms with van der Waals surface area (Å²) in [6, 6.07) is 11.9. The summed E-state index contributed by atoms with van der Waals surface area (Å²) in [6.07, 6.45) is 2.46. The number of Topliss-reactive ketones (excluding diaryl/α,β-unsaturated/α-hetero) is 1. The van der Waals surface area contributed by atoms with Crippen LogP contribution in [0, 0.1) is 5.92 Å². The third kappa shape index (κ3) is 4.92. The molecule has 2 heterocycles. The van der Waals surface area contributed by atoms with Crippen LogP contribution in [0.5, 0.6) is 5.88 Å². The van der Waals surface area contributed by atoms with E-state index in [1.165, 1.54) is 5.56 Å². The number of carbonyl (C=O) groups is 1. The molecule has 0 saturated carbocycles. The number of aliphatic hydroxyl groups is 1. The number of aromatic amines is 1. The number of ether oxygens (including phenoxy) is 1. The van der Waals surface area contributed by atoms with Crippen LogP contribution in [0.1, 0.15) is 37.4 Å². The van der Waals surface area contributed by atoms with Gasteiger partial charge in [-0.25, -0.2) is 0 Å². The maximum absolute atomic E-state index is 12.4. The zero-order valence-electron chi connectivity index (χ0n) is 15.7. The molecular weight excluding hydrogens is 342 g/mol. The second-order valence-electron chi connectivity index (χ2n) is 7.08. The monoisotopic (exact) mass is 367 g/mol. The third-order valence-corrected chi connectivity index (χ3v) is 4.57. The zero-order chi connectivity index (χ0) is 19.2. The van der Waals surface area contributed by atoms with Gasteiger partial charge in [0.25, 0.3) is 0 Å². The van der Waals surface area contributed by atoms with Crippen molar-refractivity contribution in [3.8, 4) is 5.88 Å². The molecular formula is C21H25N3O3. The molecule has 6 nitrogen and oxygen atoms in total. The van der Waals surface area contributed by atoms with Crippen LogP contribution >= 0.6 is 0 Å². The van der Waals surface area contributed by atoms with E-state index in [-0.39, 0.29) is 24.2 Å². The molecule has 0 radical (unpaired) electrons. The van der Waals surface area contributed by atoms with E-state index in [1.807, 2.05) is 43.3 Å². The number of aliphatic hydroxyl groups excluding tert-OH is 1. The number of pyridine rings is 1. The topological polar surface area (TPSA) is 88.1 Å². The van der Waals surface area contributed by atoms with Crippen LogP contribution in [0.25, 0.3) is 10.9 Å². The lowest BCUT2D eigenvalue weighted by molar-refractivity contribution is -0.118. The van der Waals surface area contributed by atoms with Gasteiger partial charge in [0.15, 0.2) is 0 Å². The Kier molecular flexibility index (Phi) is 6.19. The molecule has 2 aromatic heterocycles. The highest BCUT2D eigenvalue weighted by Crippen LogP contribution is 2.24. The van der Waals surface area contributed by atoms with Gasteiger partial charge in [-0.15, -0.1) is 5.10 Å². The van der Waals surface area contributed by atoms with Crippen molar-refractivity contribution in [3.63, 3.8) is 0 Å². The van der Waals surface area contributed by atoms with Crippen molar-refractivity contribution >= 4 is 16.7 Å². The molecule has 0 aliphatic carbocycles. The summed E-state index contributed by atoms with van der Waals surface area (Å²) in [5.74, 6) is 0.843. The van der Waals surface area contributed by atoms with E-state index in [0.29, 0.717) is 31.0 Å². The number of hydrogen-bond donors (Lipinski definition) is 2. The van der Waals surface area contributed by atoms with Crippen LogP contribution in [-0.4, -0.2) is 39.3 Å². The van der Waals surface area contributed by atoms with Crippen molar-refractivity contribution in [1.29, 1.82) is 0 Å². The normalized spacial score (nSPS) is 13.4. The fraction of sp³-hybridized carbons (Fsp3) is 0.381. The highest BCUT2D eigenvalue weighted by atomic mass is 16.5. The molecule has 1 aromatic carbocycles. The van der Waals surface area contributed by atoms with E-state index in [1.54, 1.807) is 6.20 Å². The summed E-state index contributed by atoms with van der Waals surface area (Å²) in [5, 5.41) is 16.9. The number of rotatable bonds is 9. The average Bonchev–Trinajstić information content (AvgIpc) is 3.08. The Morgan fingerprint density at radius 1 is 1.26 bits per heavy atom. The molecule has 0 spiro atoms. The van der Waals surface area contributed by atoms with Crippen LogP contribution < -0.4 is 4.74 Å². The zero-order valence-corrected chi connectivity index (χ0v) is 15.7. The Morgan fingerprint density at radius 3 is 2.78 bits per heavy atom. The van der Waals surface area contributed by atoms with Gasteiger partial charge in [-0.3, -0.25) is 14.9 Å². The van der Waals surface area contributed by atoms with Crippen LogP contribution in [0.3, 0.4) is 0 Å². The van der Waals surface area contributed by atoms with E-state index in [9.17, 15) is 4.79 Å². The van der Waals surface area contributed by atoms with E-state index < -0.39 is 0 Å². The summed E-state index contributed by atoms with van der Waals surface area (Å²) < 4.78 is 5.63. The number of carbonyl (C=O) groups excluding carboxylic acids is 1. The molecule has 0 aliphatic rings. The van der Waals surface area contributed by atoms with Gasteiger partial charge in [0.2, 0.25) is 5.88 Å². The predicted octanol–water partition coefficient (Wildman–Crippen LogP) is 3.27. The Balaban J connectivity index is 1.63. The number of aromatic nitrogens is 3. The predicted molar refractivity (Wildman–Crippen MR) is 104 cm³/mol. The number of nitrogens with one attached hydrogen (secondary N) is 1. The number of hydrogen-bond acceptors (Lipinski definition) is 5. The van der Waals surface area contributed by atoms with Crippen molar-refractivity contribution in [1.82, 2.24) is 15.2 Å². The minimum atomic E-state index is 0.0354. The molecule has 3 rings (SSSR count). The van der Waals surface area contributed by atoms with Gasteiger partial charge in [-0.05, 0) is 17.5 Å². The fourth-order valence-electron chi connectivity index (χ4n) is 2.93. The lowest BCUT2D eigenvalue weighted by Crippen LogP contribution is -2.12. The van der Waals surface area contributed by atoms with Gasteiger partial charge < -0.3 is 9.84 Å². The summed E-state index contributed by atoms with van der Waals surface area (Å²) in [4.78, 5) is 16.8. The van der Waals surface area contributed by atoms with Crippen molar-refractivity contribution < 1.29 is 14.6 Å². The molecule has 27 heavy (non-hydrogen) atoms.